The van der Waals surface area contributed by atoms with Gasteiger partial charge in [-0.25, -0.2) is 4.68 Å². The van der Waals surface area contributed by atoms with E-state index in [0.717, 1.165) is 0 Å². The number of nitro groups is 1. The van der Waals surface area contributed by atoms with Crippen LogP contribution in [-0.4, -0.2) is 40.9 Å². The van der Waals surface area contributed by atoms with Crippen molar-refractivity contribution in [3.63, 3.8) is 0 Å². The van der Waals surface area contributed by atoms with Crippen LogP contribution in [0.5, 0.6) is 17.2 Å². The average molecular weight is 436 g/mol. The Kier molecular flexibility index (Phi) is 5.75. The van der Waals surface area contributed by atoms with Crippen molar-refractivity contribution >= 4 is 23.5 Å². The second-order valence-electron chi connectivity index (χ2n) is 6.93. The molecule has 0 spiro atoms. The Bertz CT molecular complexity index is 1180. The molecule has 32 heavy (non-hydrogen) atoms. The number of carbonyl (C=O) groups excluding carboxylic acids is 1. The van der Waals surface area contributed by atoms with Crippen LogP contribution >= 0.6 is 0 Å². The lowest BCUT2D eigenvalue weighted by Crippen LogP contribution is -2.16. The number of ether oxygens (including phenoxy) is 3. The lowest BCUT2D eigenvalue weighted by atomic mass is 10.1. The Hall–Kier alpha value is -4.34. The van der Waals surface area contributed by atoms with Crippen molar-refractivity contribution in [3.05, 3.63) is 69.9 Å². The fourth-order valence-electron chi connectivity index (χ4n) is 3.23. The maximum atomic E-state index is 12.5. The van der Waals surface area contributed by atoms with Crippen LogP contribution in [0, 0.1) is 17.0 Å². The van der Waals surface area contributed by atoms with Gasteiger partial charge in [-0.2, -0.15) is 5.10 Å². The predicted octanol–water partition coefficient (Wildman–Crippen LogP) is 3.52. The molecule has 0 atom stereocenters. The number of anilines is 1. The third-order valence-electron chi connectivity index (χ3n) is 4.67. The Balaban J connectivity index is 1.53. The highest BCUT2D eigenvalue weighted by molar-refractivity contribution is 6.01. The van der Waals surface area contributed by atoms with Gasteiger partial charge in [0.05, 0.1) is 23.4 Å². The van der Waals surface area contributed by atoms with Gasteiger partial charge in [-0.3, -0.25) is 14.9 Å². The molecule has 1 N–H and O–H groups in total. The first kappa shape index (κ1) is 20.9. The first-order valence-electron chi connectivity index (χ1n) is 9.73. The van der Waals surface area contributed by atoms with Gasteiger partial charge in [-0.1, -0.05) is 0 Å². The minimum atomic E-state index is -0.474. The minimum Gasteiger partial charge on any atom is -0.493 e. The van der Waals surface area contributed by atoms with Crippen molar-refractivity contribution in [1.29, 1.82) is 0 Å². The summed E-state index contributed by atoms with van der Waals surface area (Å²) in [6.45, 7) is 2.67. The SMILES string of the molecule is COc1cc(/C=C/C(=O)Nc2cc(C)nn2-c2ccc([N+](=O)[O-])cc2)cc2c1OCCO2. The molecule has 10 nitrogen and oxygen atoms in total. The Morgan fingerprint density at radius 1 is 1.22 bits per heavy atom. The molecule has 3 aromatic rings. The number of nitrogens with one attached hydrogen (secondary N) is 1. The molecular formula is C22H20N4O6. The van der Waals surface area contributed by atoms with Gasteiger partial charge in [0.25, 0.3) is 5.69 Å². The number of benzene rings is 2. The van der Waals surface area contributed by atoms with Gasteiger partial charge >= 0.3 is 0 Å². The van der Waals surface area contributed by atoms with Crippen molar-refractivity contribution in [3.8, 4) is 22.9 Å². The molecule has 1 amide bonds. The third kappa shape index (κ3) is 4.38. The van der Waals surface area contributed by atoms with Crippen molar-refractivity contribution in [2.75, 3.05) is 25.6 Å². The first-order chi connectivity index (χ1) is 15.4. The van der Waals surface area contributed by atoms with Gasteiger partial charge in [0.15, 0.2) is 11.5 Å². The number of carbonyl (C=O) groups is 1. The summed E-state index contributed by atoms with van der Waals surface area (Å²) in [5.41, 5.74) is 1.95. The molecule has 0 saturated carbocycles. The zero-order valence-corrected chi connectivity index (χ0v) is 17.4. The van der Waals surface area contributed by atoms with Crippen LogP contribution in [0.4, 0.5) is 11.5 Å². The summed E-state index contributed by atoms with van der Waals surface area (Å²) >= 11 is 0. The number of aromatic nitrogens is 2. The molecular weight excluding hydrogens is 416 g/mol. The van der Waals surface area contributed by atoms with E-state index in [1.165, 1.54) is 30.0 Å². The standard InChI is InChI=1S/C22H20N4O6/c1-14-11-20(25(24-14)16-4-6-17(7-5-16)26(28)29)23-21(27)8-3-15-12-18(30-2)22-19(13-15)31-9-10-32-22/h3-8,11-13H,9-10H2,1-2H3,(H,23,27)/b8-3+. The first-order valence-corrected chi connectivity index (χ1v) is 9.73. The zero-order chi connectivity index (χ0) is 22.7. The molecule has 1 aliphatic heterocycles. The van der Waals surface area contributed by atoms with Crippen LogP contribution in [0.3, 0.4) is 0 Å². The number of amides is 1. The summed E-state index contributed by atoms with van der Waals surface area (Å²) in [4.78, 5) is 22.9. The topological polar surface area (TPSA) is 118 Å². The summed E-state index contributed by atoms with van der Waals surface area (Å²) in [6.07, 6.45) is 3.02. The van der Waals surface area contributed by atoms with E-state index in [1.54, 1.807) is 43.3 Å². The van der Waals surface area contributed by atoms with Crippen LogP contribution in [0.1, 0.15) is 11.3 Å². The van der Waals surface area contributed by atoms with Gasteiger partial charge in [0, 0.05) is 24.3 Å². The number of non-ortho nitro benzene ring substituents is 1. The van der Waals surface area contributed by atoms with E-state index in [2.05, 4.69) is 10.4 Å². The highest BCUT2D eigenvalue weighted by Gasteiger charge is 2.18. The number of nitro benzene ring substituents is 1. The van der Waals surface area contributed by atoms with Crippen LogP contribution in [0.25, 0.3) is 11.8 Å². The Labute approximate surface area is 183 Å². The van der Waals surface area contributed by atoms with Gasteiger partial charge in [0.2, 0.25) is 11.7 Å². The van der Waals surface area contributed by atoms with E-state index in [9.17, 15) is 14.9 Å². The molecule has 2 aromatic carbocycles. The summed E-state index contributed by atoms with van der Waals surface area (Å²) in [5.74, 6) is 1.69. The molecule has 0 fully saturated rings. The maximum Gasteiger partial charge on any atom is 0.269 e. The Morgan fingerprint density at radius 2 is 1.97 bits per heavy atom. The third-order valence-corrected chi connectivity index (χ3v) is 4.67. The number of fused-ring (bicyclic) bond motifs is 1. The number of hydrogen-bond acceptors (Lipinski definition) is 7. The van der Waals surface area contributed by atoms with E-state index >= 15 is 0 Å². The fourth-order valence-corrected chi connectivity index (χ4v) is 3.23. The van der Waals surface area contributed by atoms with Crippen molar-refractivity contribution in [1.82, 2.24) is 9.78 Å². The zero-order valence-electron chi connectivity index (χ0n) is 17.4. The minimum absolute atomic E-state index is 0.0268. The molecule has 1 aliphatic rings. The van der Waals surface area contributed by atoms with Gasteiger partial charge in [-0.05, 0) is 42.8 Å². The highest BCUT2D eigenvalue weighted by atomic mass is 16.6. The van der Waals surface area contributed by atoms with Crippen LogP contribution in [-0.2, 0) is 4.79 Å². The quantitative estimate of drug-likeness (QED) is 0.357. The fraction of sp³-hybridized carbons (Fsp3) is 0.182. The van der Waals surface area contributed by atoms with E-state index in [4.69, 9.17) is 14.2 Å². The van der Waals surface area contributed by atoms with E-state index in [-0.39, 0.29) is 11.6 Å². The molecule has 2 heterocycles. The maximum absolute atomic E-state index is 12.5. The smallest absolute Gasteiger partial charge is 0.269 e. The van der Waals surface area contributed by atoms with E-state index < -0.39 is 4.92 Å². The van der Waals surface area contributed by atoms with Crippen molar-refractivity contribution in [2.45, 2.75) is 6.92 Å². The second kappa shape index (κ2) is 8.80. The van der Waals surface area contributed by atoms with Gasteiger partial charge < -0.3 is 19.5 Å². The normalized spacial score (nSPS) is 12.6. The summed E-state index contributed by atoms with van der Waals surface area (Å²) < 4.78 is 18.1. The lowest BCUT2D eigenvalue weighted by Gasteiger charge is -2.20. The monoisotopic (exact) mass is 436 g/mol. The highest BCUT2D eigenvalue weighted by Crippen LogP contribution is 2.40. The van der Waals surface area contributed by atoms with Crippen LogP contribution in [0.2, 0.25) is 0 Å². The molecule has 164 valence electrons. The molecule has 0 bridgehead atoms. The largest absolute Gasteiger partial charge is 0.493 e. The van der Waals surface area contributed by atoms with E-state index in [1.807, 2.05) is 0 Å². The van der Waals surface area contributed by atoms with Crippen LogP contribution < -0.4 is 19.5 Å². The van der Waals surface area contributed by atoms with E-state index in [0.29, 0.717) is 53.2 Å². The summed E-state index contributed by atoms with van der Waals surface area (Å²) in [6, 6.07) is 11.1. The predicted molar refractivity (Wildman–Crippen MR) is 117 cm³/mol. The number of nitrogens with zero attached hydrogens (tertiary/aromatic N) is 3. The van der Waals surface area contributed by atoms with Crippen LogP contribution in [0.15, 0.2) is 48.5 Å². The van der Waals surface area contributed by atoms with Gasteiger partial charge in [-0.15, -0.1) is 0 Å². The molecule has 0 saturated heterocycles. The Morgan fingerprint density at radius 3 is 2.69 bits per heavy atom. The van der Waals surface area contributed by atoms with Crippen molar-refractivity contribution in [2.24, 2.45) is 0 Å². The summed E-state index contributed by atoms with van der Waals surface area (Å²) in [5, 5.41) is 18.0. The molecule has 1 aromatic heterocycles. The molecule has 4 rings (SSSR count). The number of hydrogen-bond donors (Lipinski definition) is 1. The molecule has 10 heteroatoms. The number of rotatable bonds is 6. The second-order valence-corrected chi connectivity index (χ2v) is 6.93. The number of aryl methyl sites for hydroxylation is 1. The molecule has 0 aliphatic carbocycles. The number of methoxy groups -OCH3 is 1. The average Bonchev–Trinajstić information content (AvgIpc) is 3.16. The molecule has 0 unspecified atom stereocenters. The van der Waals surface area contributed by atoms with Crippen molar-refractivity contribution < 1.29 is 23.9 Å². The molecule has 0 radical (unpaired) electrons. The van der Waals surface area contributed by atoms with Gasteiger partial charge in [0.1, 0.15) is 19.0 Å². The lowest BCUT2D eigenvalue weighted by molar-refractivity contribution is -0.384. The summed E-state index contributed by atoms with van der Waals surface area (Å²) in [7, 11) is 1.54.